The lowest BCUT2D eigenvalue weighted by Crippen LogP contribution is -2.45. The first-order valence-electron chi connectivity index (χ1n) is 10.5. The number of rotatable bonds is 11. The van der Waals surface area contributed by atoms with E-state index >= 15 is 0 Å². The fourth-order valence-electron chi connectivity index (χ4n) is 2.96. The monoisotopic (exact) mass is 496 g/mol. The molecule has 0 aliphatic carbocycles. The van der Waals surface area contributed by atoms with Crippen LogP contribution in [0.4, 0.5) is 5.69 Å². The number of benzene rings is 3. The van der Waals surface area contributed by atoms with Gasteiger partial charge in [0, 0.05) is 22.4 Å². The first-order chi connectivity index (χ1) is 16.5. The van der Waals surface area contributed by atoms with Crippen LogP contribution in [-0.4, -0.2) is 34.7 Å². The lowest BCUT2D eigenvalue weighted by molar-refractivity contribution is -0.139. The van der Waals surface area contributed by atoms with Crippen molar-refractivity contribution in [1.29, 1.82) is 0 Å². The summed E-state index contributed by atoms with van der Waals surface area (Å²) in [6.45, 7) is 2.01. The lowest BCUT2D eigenvalue weighted by Gasteiger charge is -2.18. The minimum Gasteiger partial charge on any atom is -0.481 e. The van der Waals surface area contributed by atoms with E-state index in [1.54, 1.807) is 59.3 Å². The molecule has 0 aliphatic heterocycles. The van der Waals surface area contributed by atoms with Gasteiger partial charge in [-0.3, -0.25) is 14.4 Å². The second-order valence-electron chi connectivity index (χ2n) is 7.04. The molecule has 3 rings (SSSR count). The first-order valence-corrected chi connectivity index (χ1v) is 12.8. The van der Waals surface area contributed by atoms with Crippen molar-refractivity contribution in [2.75, 3.05) is 11.1 Å². The highest BCUT2D eigenvalue weighted by molar-refractivity contribution is 8.76. The summed E-state index contributed by atoms with van der Waals surface area (Å²) < 4.78 is 5.77. The van der Waals surface area contributed by atoms with Crippen LogP contribution in [-0.2, 0) is 9.59 Å². The second kappa shape index (κ2) is 12.7. The van der Waals surface area contributed by atoms with Crippen LogP contribution in [0.3, 0.4) is 0 Å². The Kier molecular flexibility index (Phi) is 9.42. The third kappa shape index (κ3) is 7.57. The van der Waals surface area contributed by atoms with Crippen LogP contribution in [0.1, 0.15) is 23.7 Å². The Hall–Kier alpha value is -3.43. The number of carboxylic acid groups (broad SMARTS) is 1. The molecule has 0 unspecified atom stereocenters. The van der Waals surface area contributed by atoms with Crippen molar-refractivity contribution in [2.45, 2.75) is 24.3 Å². The number of carboxylic acids is 1. The van der Waals surface area contributed by atoms with Gasteiger partial charge in [0.2, 0.25) is 5.91 Å². The van der Waals surface area contributed by atoms with Gasteiger partial charge in [0.25, 0.3) is 5.91 Å². The zero-order chi connectivity index (χ0) is 24.3. The van der Waals surface area contributed by atoms with Gasteiger partial charge in [0.1, 0.15) is 17.5 Å². The Bertz CT molecular complexity index is 1140. The maximum absolute atomic E-state index is 12.9. The highest BCUT2D eigenvalue weighted by atomic mass is 33.1. The molecule has 1 atom stereocenters. The molecule has 3 N–H and O–H groups in total. The van der Waals surface area contributed by atoms with Crippen molar-refractivity contribution in [2.24, 2.45) is 0 Å². The van der Waals surface area contributed by atoms with Gasteiger partial charge in [0.15, 0.2) is 0 Å². The predicted octanol–water partition coefficient (Wildman–Crippen LogP) is 5.45. The molecule has 34 heavy (non-hydrogen) atoms. The van der Waals surface area contributed by atoms with E-state index in [1.807, 2.05) is 37.3 Å². The van der Waals surface area contributed by atoms with Crippen molar-refractivity contribution in [3.63, 3.8) is 0 Å². The van der Waals surface area contributed by atoms with Crippen LogP contribution in [0, 0.1) is 0 Å². The van der Waals surface area contributed by atoms with Crippen LogP contribution >= 0.6 is 21.6 Å². The summed E-state index contributed by atoms with van der Waals surface area (Å²) in [6.07, 6.45) is -0.559. The summed E-state index contributed by atoms with van der Waals surface area (Å²) in [7, 11) is 3.04. The lowest BCUT2D eigenvalue weighted by atomic mass is 10.1. The smallest absolute Gasteiger partial charge is 0.305 e. The normalized spacial score (nSPS) is 11.3. The summed E-state index contributed by atoms with van der Waals surface area (Å²) in [5.74, 6) is -0.353. The molecule has 9 heteroatoms. The summed E-state index contributed by atoms with van der Waals surface area (Å²) >= 11 is 0. The van der Waals surface area contributed by atoms with Gasteiger partial charge in [-0.05, 0) is 36.4 Å². The largest absolute Gasteiger partial charge is 0.481 e. The standard InChI is InChI=1S/C25H24N2O5S2/c1-2-33-34-22-14-7-6-13-20(22)24(30)27-21(16-23(28)29)25(31)26-17-9-8-12-19(15-17)32-18-10-4-3-5-11-18/h3-15,21H,2,16H2,1H3,(H,26,31)(H,27,30)(H,28,29)/t21-/m1/s1. The molecule has 176 valence electrons. The SMILES string of the molecule is CCSSc1ccccc1C(=O)N[C@H](CC(=O)O)C(=O)Nc1cccc(Oc2ccccc2)c1. The zero-order valence-electron chi connectivity index (χ0n) is 18.4. The van der Waals surface area contributed by atoms with Crippen molar-refractivity contribution < 1.29 is 24.2 Å². The Morgan fingerprint density at radius 1 is 0.941 bits per heavy atom. The second-order valence-corrected chi connectivity index (χ2v) is 9.67. The van der Waals surface area contributed by atoms with Crippen LogP contribution in [0.2, 0.25) is 0 Å². The first kappa shape index (κ1) is 25.2. The molecule has 0 fully saturated rings. The van der Waals surface area contributed by atoms with Gasteiger partial charge in [-0.15, -0.1) is 0 Å². The Morgan fingerprint density at radius 2 is 1.65 bits per heavy atom. The van der Waals surface area contributed by atoms with Gasteiger partial charge in [0.05, 0.1) is 12.0 Å². The van der Waals surface area contributed by atoms with E-state index in [1.165, 1.54) is 10.8 Å². The highest BCUT2D eigenvalue weighted by Gasteiger charge is 2.25. The van der Waals surface area contributed by atoms with E-state index in [4.69, 9.17) is 4.74 Å². The van der Waals surface area contributed by atoms with Crippen molar-refractivity contribution in [3.05, 3.63) is 84.4 Å². The van der Waals surface area contributed by atoms with E-state index in [0.717, 1.165) is 10.6 Å². The summed E-state index contributed by atoms with van der Waals surface area (Å²) in [5.41, 5.74) is 0.799. The zero-order valence-corrected chi connectivity index (χ0v) is 20.0. The maximum atomic E-state index is 12.9. The molecule has 0 heterocycles. The number of carbonyl (C=O) groups excluding carboxylic acids is 2. The quantitative estimate of drug-likeness (QED) is 0.303. The van der Waals surface area contributed by atoms with E-state index in [0.29, 0.717) is 22.7 Å². The summed E-state index contributed by atoms with van der Waals surface area (Å²) in [6, 6.07) is 21.6. The fourth-order valence-corrected chi connectivity index (χ4v) is 4.76. The number of hydrogen-bond acceptors (Lipinski definition) is 6. The number of hydrogen-bond donors (Lipinski definition) is 3. The van der Waals surface area contributed by atoms with Crippen LogP contribution in [0.5, 0.6) is 11.5 Å². The molecule has 0 radical (unpaired) electrons. The molecule has 0 bridgehead atoms. The Labute approximate surface area is 205 Å². The number of carbonyl (C=O) groups is 3. The van der Waals surface area contributed by atoms with Gasteiger partial charge < -0.3 is 20.5 Å². The third-order valence-electron chi connectivity index (χ3n) is 4.48. The molecule has 0 spiro atoms. The molecule has 0 aromatic heterocycles. The number of amides is 2. The molecule has 0 saturated carbocycles. The molecule has 0 aliphatic rings. The van der Waals surface area contributed by atoms with Gasteiger partial charge >= 0.3 is 5.97 Å². The van der Waals surface area contributed by atoms with Gasteiger partial charge in [-0.2, -0.15) is 0 Å². The van der Waals surface area contributed by atoms with Crippen LogP contribution in [0.25, 0.3) is 0 Å². The highest BCUT2D eigenvalue weighted by Crippen LogP contribution is 2.33. The predicted molar refractivity (Wildman–Crippen MR) is 136 cm³/mol. The molecule has 0 saturated heterocycles. The minimum absolute atomic E-state index is 0.384. The minimum atomic E-state index is -1.26. The molecular formula is C25H24N2O5S2. The van der Waals surface area contributed by atoms with E-state index in [2.05, 4.69) is 10.6 Å². The number of ether oxygens (including phenoxy) is 1. The van der Waals surface area contributed by atoms with E-state index in [-0.39, 0.29) is 0 Å². The molecule has 2 amide bonds. The number of aliphatic carboxylic acids is 1. The van der Waals surface area contributed by atoms with Crippen molar-refractivity contribution >= 4 is 45.1 Å². The van der Waals surface area contributed by atoms with Crippen molar-refractivity contribution in [3.8, 4) is 11.5 Å². The molecular weight excluding hydrogens is 472 g/mol. The van der Waals surface area contributed by atoms with Crippen LogP contribution in [0.15, 0.2) is 83.8 Å². The summed E-state index contributed by atoms with van der Waals surface area (Å²) in [4.78, 5) is 37.9. The maximum Gasteiger partial charge on any atom is 0.305 e. The summed E-state index contributed by atoms with van der Waals surface area (Å²) in [5, 5.41) is 14.5. The topological polar surface area (TPSA) is 105 Å². The van der Waals surface area contributed by atoms with Crippen molar-refractivity contribution in [1.82, 2.24) is 5.32 Å². The fraction of sp³-hybridized carbons (Fsp3) is 0.160. The van der Waals surface area contributed by atoms with Gasteiger partial charge in [-0.1, -0.05) is 64.9 Å². The average Bonchev–Trinajstić information content (AvgIpc) is 2.83. The van der Waals surface area contributed by atoms with E-state index < -0.39 is 30.2 Å². The van der Waals surface area contributed by atoms with Gasteiger partial charge in [-0.25, -0.2) is 0 Å². The molecule has 7 nitrogen and oxygen atoms in total. The Morgan fingerprint density at radius 3 is 2.38 bits per heavy atom. The Balaban J connectivity index is 1.72. The average molecular weight is 497 g/mol. The number of para-hydroxylation sites is 1. The third-order valence-corrected chi connectivity index (χ3v) is 6.97. The number of anilines is 1. The van der Waals surface area contributed by atoms with Crippen LogP contribution < -0.4 is 15.4 Å². The molecule has 3 aromatic rings. The van der Waals surface area contributed by atoms with E-state index in [9.17, 15) is 19.5 Å². The molecule has 3 aromatic carbocycles. The number of nitrogens with one attached hydrogen (secondary N) is 2.